The van der Waals surface area contributed by atoms with Crippen LogP contribution >= 0.6 is 0 Å². The predicted octanol–water partition coefficient (Wildman–Crippen LogP) is 6.35. The van der Waals surface area contributed by atoms with Crippen molar-refractivity contribution in [2.24, 2.45) is 0 Å². The zero-order valence-electron chi connectivity index (χ0n) is 14.4. The molecule has 1 aromatic heterocycles. The van der Waals surface area contributed by atoms with Crippen molar-refractivity contribution in [1.29, 1.82) is 0 Å². The standard InChI is InChI=1S/C23H21N/c1-23(2,3)18-11-8-17(9-12-18)21-15-13-20-19-7-5-4-6-16(19)10-14-22(20)24-21/h4-15H,1-3H3. The fourth-order valence-corrected chi connectivity index (χ4v) is 3.19. The van der Waals surface area contributed by atoms with Gasteiger partial charge < -0.3 is 0 Å². The van der Waals surface area contributed by atoms with Gasteiger partial charge in [0.15, 0.2) is 0 Å². The summed E-state index contributed by atoms with van der Waals surface area (Å²) in [4.78, 5) is 4.89. The lowest BCUT2D eigenvalue weighted by molar-refractivity contribution is 0.590. The quantitative estimate of drug-likeness (QED) is 0.373. The highest BCUT2D eigenvalue weighted by Gasteiger charge is 2.13. The van der Waals surface area contributed by atoms with Crippen LogP contribution in [-0.4, -0.2) is 4.98 Å². The largest absolute Gasteiger partial charge is 0.248 e. The highest BCUT2D eigenvalue weighted by atomic mass is 14.7. The van der Waals surface area contributed by atoms with Crippen LogP contribution in [0.4, 0.5) is 0 Å². The van der Waals surface area contributed by atoms with E-state index in [1.54, 1.807) is 0 Å². The second-order valence-electron chi connectivity index (χ2n) is 7.38. The third-order valence-electron chi connectivity index (χ3n) is 4.64. The summed E-state index contributed by atoms with van der Waals surface area (Å²) in [7, 11) is 0. The minimum absolute atomic E-state index is 0.175. The fraction of sp³-hybridized carbons (Fsp3) is 0.174. The normalized spacial score (nSPS) is 12.0. The number of pyridine rings is 1. The van der Waals surface area contributed by atoms with Crippen LogP contribution in [0.3, 0.4) is 0 Å². The molecular formula is C23H21N. The smallest absolute Gasteiger partial charge is 0.0715 e. The van der Waals surface area contributed by atoms with Gasteiger partial charge in [-0.2, -0.15) is 0 Å². The van der Waals surface area contributed by atoms with Crippen LogP contribution in [0.5, 0.6) is 0 Å². The molecule has 0 aliphatic carbocycles. The lowest BCUT2D eigenvalue weighted by Gasteiger charge is -2.19. The maximum atomic E-state index is 4.89. The van der Waals surface area contributed by atoms with Crippen molar-refractivity contribution in [2.75, 3.05) is 0 Å². The Bertz CT molecular complexity index is 1020. The third-order valence-corrected chi connectivity index (χ3v) is 4.64. The number of hydrogen-bond acceptors (Lipinski definition) is 1. The second kappa shape index (κ2) is 5.45. The van der Waals surface area contributed by atoms with Crippen molar-refractivity contribution < 1.29 is 0 Å². The molecule has 0 aliphatic rings. The Balaban J connectivity index is 1.82. The minimum Gasteiger partial charge on any atom is -0.248 e. The van der Waals surface area contributed by atoms with Gasteiger partial charge in [-0.15, -0.1) is 0 Å². The van der Waals surface area contributed by atoms with Crippen molar-refractivity contribution in [3.8, 4) is 11.3 Å². The zero-order chi connectivity index (χ0) is 16.7. The fourth-order valence-electron chi connectivity index (χ4n) is 3.19. The first kappa shape index (κ1) is 14.9. The van der Waals surface area contributed by atoms with Crippen LogP contribution in [0.2, 0.25) is 0 Å². The first-order valence-corrected chi connectivity index (χ1v) is 8.42. The van der Waals surface area contributed by atoms with E-state index in [0.29, 0.717) is 0 Å². The summed E-state index contributed by atoms with van der Waals surface area (Å²) in [6.45, 7) is 6.71. The first-order chi connectivity index (χ1) is 11.5. The summed E-state index contributed by atoms with van der Waals surface area (Å²) in [5, 5.41) is 3.73. The van der Waals surface area contributed by atoms with E-state index in [-0.39, 0.29) is 5.41 Å². The Morgan fingerprint density at radius 1 is 0.667 bits per heavy atom. The molecule has 24 heavy (non-hydrogen) atoms. The molecule has 0 fully saturated rings. The van der Waals surface area contributed by atoms with Crippen LogP contribution in [0.15, 0.2) is 72.8 Å². The molecule has 0 unspecified atom stereocenters. The van der Waals surface area contributed by atoms with Gasteiger partial charge in [0.2, 0.25) is 0 Å². The van der Waals surface area contributed by atoms with Crippen LogP contribution in [-0.2, 0) is 5.41 Å². The molecule has 0 bridgehead atoms. The molecule has 3 aromatic carbocycles. The Hall–Kier alpha value is -2.67. The first-order valence-electron chi connectivity index (χ1n) is 8.42. The molecule has 4 rings (SSSR count). The monoisotopic (exact) mass is 311 g/mol. The van der Waals surface area contributed by atoms with E-state index >= 15 is 0 Å². The van der Waals surface area contributed by atoms with Crippen LogP contribution in [0.25, 0.3) is 32.9 Å². The number of aromatic nitrogens is 1. The topological polar surface area (TPSA) is 12.9 Å². The number of benzene rings is 3. The lowest BCUT2D eigenvalue weighted by Crippen LogP contribution is -2.10. The van der Waals surface area contributed by atoms with Gasteiger partial charge in [0.05, 0.1) is 11.2 Å². The molecule has 0 aliphatic heterocycles. The molecule has 0 N–H and O–H groups in total. The molecule has 4 aromatic rings. The van der Waals surface area contributed by atoms with Crippen molar-refractivity contribution in [3.05, 3.63) is 78.4 Å². The number of hydrogen-bond donors (Lipinski definition) is 0. The molecule has 0 spiro atoms. The predicted molar refractivity (Wildman–Crippen MR) is 103 cm³/mol. The Morgan fingerprint density at radius 2 is 1.42 bits per heavy atom. The van der Waals surface area contributed by atoms with Gasteiger partial charge in [0.1, 0.15) is 0 Å². The average Bonchev–Trinajstić information content (AvgIpc) is 2.60. The van der Waals surface area contributed by atoms with E-state index in [1.165, 1.54) is 21.7 Å². The highest BCUT2D eigenvalue weighted by Crippen LogP contribution is 2.29. The summed E-state index contributed by atoms with van der Waals surface area (Å²) in [5.74, 6) is 0. The van der Waals surface area contributed by atoms with E-state index in [4.69, 9.17) is 4.98 Å². The van der Waals surface area contributed by atoms with E-state index in [1.807, 2.05) is 0 Å². The lowest BCUT2D eigenvalue weighted by atomic mass is 9.86. The van der Waals surface area contributed by atoms with Crippen molar-refractivity contribution >= 4 is 21.7 Å². The van der Waals surface area contributed by atoms with E-state index in [0.717, 1.165) is 16.8 Å². The van der Waals surface area contributed by atoms with Gasteiger partial charge in [-0.25, -0.2) is 4.98 Å². The SMILES string of the molecule is CC(C)(C)c1ccc(-c2ccc3c(ccc4ccccc43)n2)cc1. The number of fused-ring (bicyclic) bond motifs is 3. The zero-order valence-corrected chi connectivity index (χ0v) is 14.4. The Morgan fingerprint density at radius 3 is 2.17 bits per heavy atom. The summed E-state index contributed by atoms with van der Waals surface area (Å²) >= 11 is 0. The van der Waals surface area contributed by atoms with Crippen molar-refractivity contribution in [3.63, 3.8) is 0 Å². The van der Waals surface area contributed by atoms with Gasteiger partial charge in [0, 0.05) is 10.9 Å². The van der Waals surface area contributed by atoms with Gasteiger partial charge >= 0.3 is 0 Å². The Labute approximate surface area is 143 Å². The third kappa shape index (κ3) is 2.56. The number of rotatable bonds is 1. The molecule has 0 radical (unpaired) electrons. The molecule has 1 heteroatoms. The molecule has 0 amide bonds. The Kier molecular flexibility index (Phi) is 3.38. The van der Waals surface area contributed by atoms with E-state index in [2.05, 4.69) is 93.6 Å². The van der Waals surface area contributed by atoms with Crippen molar-refractivity contribution in [2.45, 2.75) is 26.2 Å². The summed E-state index contributed by atoms with van der Waals surface area (Å²) in [6, 6.07) is 25.8. The van der Waals surface area contributed by atoms with Gasteiger partial charge in [-0.3, -0.25) is 0 Å². The van der Waals surface area contributed by atoms with Crippen LogP contribution in [0.1, 0.15) is 26.3 Å². The summed E-state index contributed by atoms with van der Waals surface area (Å²) in [5.41, 5.74) is 4.76. The van der Waals surface area contributed by atoms with Gasteiger partial charge in [-0.1, -0.05) is 81.4 Å². The molecule has 118 valence electrons. The van der Waals surface area contributed by atoms with Gasteiger partial charge in [-0.05, 0) is 33.9 Å². The molecule has 0 saturated carbocycles. The van der Waals surface area contributed by atoms with Crippen LogP contribution < -0.4 is 0 Å². The maximum absolute atomic E-state index is 4.89. The summed E-state index contributed by atoms with van der Waals surface area (Å²) < 4.78 is 0. The van der Waals surface area contributed by atoms with E-state index < -0.39 is 0 Å². The molecular weight excluding hydrogens is 290 g/mol. The second-order valence-corrected chi connectivity index (χ2v) is 7.38. The average molecular weight is 311 g/mol. The minimum atomic E-state index is 0.175. The molecule has 1 heterocycles. The van der Waals surface area contributed by atoms with Gasteiger partial charge in [0.25, 0.3) is 0 Å². The molecule has 1 nitrogen and oxygen atoms in total. The summed E-state index contributed by atoms with van der Waals surface area (Å²) in [6.07, 6.45) is 0. The van der Waals surface area contributed by atoms with Crippen LogP contribution in [0, 0.1) is 0 Å². The molecule has 0 saturated heterocycles. The van der Waals surface area contributed by atoms with E-state index in [9.17, 15) is 0 Å². The maximum Gasteiger partial charge on any atom is 0.0715 e. The number of nitrogens with zero attached hydrogens (tertiary/aromatic N) is 1. The molecule has 0 atom stereocenters. The van der Waals surface area contributed by atoms with Crippen molar-refractivity contribution in [1.82, 2.24) is 4.98 Å². The highest BCUT2D eigenvalue weighted by molar-refractivity contribution is 6.06.